The summed E-state index contributed by atoms with van der Waals surface area (Å²) in [6.45, 7) is 4.28. The van der Waals surface area contributed by atoms with Crippen molar-refractivity contribution in [2.24, 2.45) is 0 Å². The van der Waals surface area contributed by atoms with E-state index in [1.807, 2.05) is 4.98 Å². The van der Waals surface area contributed by atoms with E-state index in [4.69, 9.17) is 9.84 Å². The fourth-order valence-corrected chi connectivity index (χ4v) is 1.31. The standard InChI is InChI=1S/C11H16F3N3O3/c1-10(2,3)20-9(19)16-6(5-18)8-15-4-7(17-8)11(12,13)14/h4,6,18H,5H2,1-3H3,(H,15,17)(H,16,19). The lowest BCUT2D eigenvalue weighted by atomic mass is 10.2. The Morgan fingerprint density at radius 3 is 2.50 bits per heavy atom. The SMILES string of the molecule is CC(C)(C)OC(=O)NC(CO)c1ncc(C(F)(F)F)[nH]1. The Bertz CT molecular complexity index is 465. The predicted molar refractivity (Wildman–Crippen MR) is 62.8 cm³/mol. The molecular formula is C11H16F3N3O3. The number of aliphatic hydroxyl groups excluding tert-OH is 1. The molecule has 1 heterocycles. The maximum atomic E-state index is 12.4. The summed E-state index contributed by atoms with van der Waals surface area (Å²) < 4.78 is 42.2. The number of aromatic nitrogens is 2. The van der Waals surface area contributed by atoms with Crippen LogP contribution in [0.4, 0.5) is 18.0 Å². The third-order valence-electron chi connectivity index (χ3n) is 2.10. The number of H-pyrrole nitrogens is 1. The molecule has 0 fully saturated rings. The van der Waals surface area contributed by atoms with E-state index in [-0.39, 0.29) is 5.82 Å². The summed E-state index contributed by atoms with van der Waals surface area (Å²) in [6.07, 6.45) is -4.84. The van der Waals surface area contributed by atoms with Crippen molar-refractivity contribution in [2.45, 2.75) is 38.6 Å². The molecule has 0 aliphatic carbocycles. The van der Waals surface area contributed by atoms with Crippen LogP contribution in [0, 0.1) is 0 Å². The molecule has 1 amide bonds. The molecule has 0 bridgehead atoms. The number of carbonyl (C=O) groups is 1. The first-order chi connectivity index (χ1) is 9.03. The van der Waals surface area contributed by atoms with E-state index in [1.165, 1.54) is 0 Å². The number of amides is 1. The highest BCUT2D eigenvalue weighted by atomic mass is 19.4. The van der Waals surface area contributed by atoms with Crippen molar-refractivity contribution in [1.82, 2.24) is 15.3 Å². The van der Waals surface area contributed by atoms with E-state index in [1.54, 1.807) is 20.8 Å². The summed E-state index contributed by atoms with van der Waals surface area (Å²) in [5.41, 5.74) is -1.82. The first-order valence-electron chi connectivity index (χ1n) is 5.75. The second kappa shape index (κ2) is 5.70. The van der Waals surface area contributed by atoms with Gasteiger partial charge in [0.25, 0.3) is 0 Å². The molecule has 0 aromatic carbocycles. The molecular weight excluding hydrogens is 279 g/mol. The first kappa shape index (κ1) is 16.3. The molecule has 1 unspecified atom stereocenters. The molecule has 0 aliphatic rings. The van der Waals surface area contributed by atoms with Crippen molar-refractivity contribution in [3.05, 3.63) is 17.7 Å². The number of ether oxygens (including phenoxy) is 1. The number of nitrogens with one attached hydrogen (secondary N) is 2. The van der Waals surface area contributed by atoms with Crippen molar-refractivity contribution in [3.8, 4) is 0 Å². The molecule has 0 radical (unpaired) electrons. The Morgan fingerprint density at radius 2 is 2.10 bits per heavy atom. The number of aromatic amines is 1. The van der Waals surface area contributed by atoms with Gasteiger partial charge in [-0.1, -0.05) is 0 Å². The number of rotatable bonds is 3. The smallest absolute Gasteiger partial charge is 0.432 e. The average molecular weight is 295 g/mol. The zero-order chi connectivity index (χ0) is 15.6. The van der Waals surface area contributed by atoms with Crippen LogP contribution in [0.2, 0.25) is 0 Å². The number of alkyl carbamates (subject to hydrolysis) is 1. The second-order valence-electron chi connectivity index (χ2n) is 5.06. The highest BCUT2D eigenvalue weighted by molar-refractivity contribution is 5.68. The number of hydrogen-bond donors (Lipinski definition) is 3. The van der Waals surface area contributed by atoms with Gasteiger partial charge in [0.15, 0.2) is 0 Å². The Hall–Kier alpha value is -1.77. The van der Waals surface area contributed by atoms with Gasteiger partial charge in [-0.25, -0.2) is 9.78 Å². The Labute approximate surface area is 113 Å². The van der Waals surface area contributed by atoms with Crippen LogP contribution in [-0.4, -0.2) is 33.4 Å². The summed E-state index contributed by atoms with van der Waals surface area (Å²) in [5.74, 6) is -0.203. The molecule has 20 heavy (non-hydrogen) atoms. The van der Waals surface area contributed by atoms with E-state index >= 15 is 0 Å². The van der Waals surface area contributed by atoms with Crippen LogP contribution in [0.3, 0.4) is 0 Å². The summed E-state index contributed by atoms with van der Waals surface area (Å²) in [6, 6.07) is -1.11. The summed E-state index contributed by atoms with van der Waals surface area (Å²) in [4.78, 5) is 17.0. The van der Waals surface area contributed by atoms with E-state index in [0.717, 1.165) is 0 Å². The van der Waals surface area contributed by atoms with Crippen LogP contribution in [0.1, 0.15) is 38.3 Å². The minimum atomic E-state index is -4.57. The summed E-state index contributed by atoms with van der Waals surface area (Å²) in [7, 11) is 0. The van der Waals surface area contributed by atoms with Gasteiger partial charge in [0.05, 0.1) is 12.8 Å². The van der Waals surface area contributed by atoms with Gasteiger partial charge in [-0.05, 0) is 20.8 Å². The fourth-order valence-electron chi connectivity index (χ4n) is 1.31. The second-order valence-corrected chi connectivity index (χ2v) is 5.06. The van der Waals surface area contributed by atoms with Crippen molar-refractivity contribution in [3.63, 3.8) is 0 Å². The monoisotopic (exact) mass is 295 g/mol. The minimum absolute atomic E-state index is 0.203. The molecule has 0 saturated heterocycles. The molecule has 1 aromatic heterocycles. The lowest BCUT2D eigenvalue weighted by Gasteiger charge is -2.22. The van der Waals surface area contributed by atoms with Gasteiger partial charge in [-0.2, -0.15) is 13.2 Å². The normalized spacial score (nSPS) is 13.9. The van der Waals surface area contributed by atoms with E-state index in [2.05, 4.69) is 10.3 Å². The Balaban J connectivity index is 2.77. The number of hydrogen-bond acceptors (Lipinski definition) is 4. The van der Waals surface area contributed by atoms with Gasteiger partial charge < -0.3 is 20.1 Å². The van der Waals surface area contributed by atoms with E-state index < -0.39 is 36.2 Å². The topological polar surface area (TPSA) is 87.2 Å². The van der Waals surface area contributed by atoms with Crippen LogP contribution >= 0.6 is 0 Å². The van der Waals surface area contributed by atoms with Gasteiger partial charge in [-0.15, -0.1) is 0 Å². The number of alkyl halides is 3. The molecule has 3 N–H and O–H groups in total. The van der Waals surface area contributed by atoms with Gasteiger partial charge in [0.2, 0.25) is 0 Å². The van der Waals surface area contributed by atoms with Crippen LogP contribution in [-0.2, 0) is 10.9 Å². The van der Waals surface area contributed by atoms with Crippen molar-refractivity contribution >= 4 is 6.09 Å². The summed E-state index contributed by atoms with van der Waals surface area (Å²) >= 11 is 0. The molecule has 0 aliphatic heterocycles. The highest BCUT2D eigenvalue weighted by Gasteiger charge is 2.34. The molecule has 1 rings (SSSR count). The van der Waals surface area contributed by atoms with Crippen molar-refractivity contribution < 1.29 is 27.8 Å². The fraction of sp³-hybridized carbons (Fsp3) is 0.636. The lowest BCUT2D eigenvalue weighted by molar-refractivity contribution is -0.141. The minimum Gasteiger partial charge on any atom is -0.444 e. The summed E-state index contributed by atoms with van der Waals surface area (Å²) in [5, 5.41) is 11.4. The van der Waals surface area contributed by atoms with Crippen molar-refractivity contribution in [1.29, 1.82) is 0 Å². The number of carbonyl (C=O) groups excluding carboxylic acids is 1. The van der Waals surface area contributed by atoms with Gasteiger partial charge in [-0.3, -0.25) is 0 Å². The molecule has 6 nitrogen and oxygen atoms in total. The zero-order valence-electron chi connectivity index (χ0n) is 11.2. The average Bonchev–Trinajstić information content (AvgIpc) is 2.71. The van der Waals surface area contributed by atoms with Crippen LogP contribution < -0.4 is 5.32 Å². The lowest BCUT2D eigenvalue weighted by Crippen LogP contribution is -2.36. The number of imidazole rings is 1. The zero-order valence-corrected chi connectivity index (χ0v) is 11.2. The predicted octanol–water partition coefficient (Wildman–Crippen LogP) is 1.99. The maximum Gasteiger partial charge on any atom is 0.432 e. The third kappa shape index (κ3) is 4.72. The molecule has 9 heteroatoms. The maximum absolute atomic E-state index is 12.4. The molecule has 1 aromatic rings. The Morgan fingerprint density at radius 1 is 1.50 bits per heavy atom. The van der Waals surface area contributed by atoms with Crippen LogP contribution in [0.25, 0.3) is 0 Å². The van der Waals surface area contributed by atoms with E-state index in [0.29, 0.717) is 6.20 Å². The first-order valence-corrected chi connectivity index (χ1v) is 5.75. The Kier molecular flexibility index (Phi) is 4.64. The van der Waals surface area contributed by atoms with E-state index in [9.17, 15) is 18.0 Å². The van der Waals surface area contributed by atoms with Crippen molar-refractivity contribution in [2.75, 3.05) is 6.61 Å². The molecule has 1 atom stereocenters. The molecule has 0 saturated carbocycles. The quantitative estimate of drug-likeness (QED) is 0.795. The van der Waals surface area contributed by atoms with Crippen LogP contribution in [0.15, 0.2) is 6.20 Å². The van der Waals surface area contributed by atoms with Gasteiger partial charge in [0.1, 0.15) is 23.2 Å². The van der Waals surface area contributed by atoms with Gasteiger partial charge in [0, 0.05) is 0 Å². The largest absolute Gasteiger partial charge is 0.444 e. The highest BCUT2D eigenvalue weighted by Crippen LogP contribution is 2.28. The molecule has 114 valence electrons. The third-order valence-corrected chi connectivity index (χ3v) is 2.10. The number of aliphatic hydroxyl groups is 1. The number of nitrogens with zero attached hydrogens (tertiary/aromatic N) is 1. The molecule has 0 spiro atoms. The van der Waals surface area contributed by atoms with Crippen LogP contribution in [0.5, 0.6) is 0 Å². The number of halogens is 3. The van der Waals surface area contributed by atoms with Gasteiger partial charge >= 0.3 is 12.3 Å².